The van der Waals surface area contributed by atoms with E-state index in [1.807, 2.05) is 18.2 Å². The lowest BCUT2D eigenvalue weighted by atomic mass is 10.2. The first-order valence-electron chi connectivity index (χ1n) is 7.49. The zero-order valence-corrected chi connectivity index (χ0v) is 14.7. The van der Waals surface area contributed by atoms with Crippen LogP contribution in [0.2, 0.25) is 10.0 Å². The van der Waals surface area contributed by atoms with E-state index in [-0.39, 0.29) is 18.5 Å². The number of halogens is 2. The number of rotatable bonds is 6. The summed E-state index contributed by atoms with van der Waals surface area (Å²) in [6.07, 6.45) is 0. The van der Waals surface area contributed by atoms with Crippen LogP contribution in [0.15, 0.2) is 48.5 Å². The molecule has 0 spiro atoms. The first-order valence-corrected chi connectivity index (χ1v) is 8.25. The minimum Gasteiger partial charge on any atom is -0.324 e. The largest absolute Gasteiger partial charge is 0.324 e. The fourth-order valence-corrected chi connectivity index (χ4v) is 2.56. The maximum atomic E-state index is 12.3. The Bertz CT molecular complexity index is 659. The Kier molecular flexibility index (Phi) is 6.46. The third-order valence-corrected chi connectivity index (χ3v) is 4.35. The molecule has 0 unspecified atom stereocenters. The summed E-state index contributed by atoms with van der Waals surface area (Å²) in [6, 6.07) is 15.5. The van der Waals surface area contributed by atoms with Gasteiger partial charge in [-0.1, -0.05) is 59.6 Å². The van der Waals surface area contributed by atoms with Crippen molar-refractivity contribution in [1.29, 1.82) is 0 Å². The predicted molar refractivity (Wildman–Crippen MR) is 97.1 cm³/mol. The van der Waals surface area contributed by atoms with Gasteiger partial charge >= 0.3 is 0 Å². The molecule has 0 saturated heterocycles. The maximum absolute atomic E-state index is 12.3. The summed E-state index contributed by atoms with van der Waals surface area (Å²) in [5.41, 5.74) is 1.71. The van der Waals surface area contributed by atoms with Gasteiger partial charge in [0.1, 0.15) is 0 Å². The van der Waals surface area contributed by atoms with Crippen molar-refractivity contribution in [3.8, 4) is 0 Å². The molecule has 0 aliphatic rings. The molecule has 0 atom stereocenters. The van der Waals surface area contributed by atoms with E-state index in [2.05, 4.69) is 36.2 Å². The standard InChI is InChI=1S/C18H20Cl2N2O/c1-13(2)22(11-14-7-4-3-5-8-14)12-17(23)21-16-10-6-9-15(19)18(16)20/h3-10,13H,11-12H2,1-2H3,(H,21,23). The molecule has 1 N–H and O–H groups in total. The number of carbonyl (C=O) groups is 1. The molecule has 3 nitrogen and oxygen atoms in total. The Hall–Kier alpha value is -1.55. The van der Waals surface area contributed by atoms with Crippen molar-refractivity contribution in [3.05, 3.63) is 64.1 Å². The van der Waals surface area contributed by atoms with Gasteiger partial charge in [0.25, 0.3) is 0 Å². The van der Waals surface area contributed by atoms with Gasteiger partial charge in [-0.25, -0.2) is 0 Å². The van der Waals surface area contributed by atoms with Crippen LogP contribution >= 0.6 is 23.2 Å². The first-order chi connectivity index (χ1) is 11.0. The average Bonchev–Trinajstić information content (AvgIpc) is 2.52. The number of amides is 1. The summed E-state index contributed by atoms with van der Waals surface area (Å²) in [4.78, 5) is 14.4. The normalized spacial score (nSPS) is 11.0. The molecule has 5 heteroatoms. The molecule has 23 heavy (non-hydrogen) atoms. The lowest BCUT2D eigenvalue weighted by Gasteiger charge is -2.26. The Morgan fingerprint density at radius 2 is 1.78 bits per heavy atom. The molecule has 2 aromatic carbocycles. The lowest BCUT2D eigenvalue weighted by Crippen LogP contribution is -2.37. The van der Waals surface area contributed by atoms with Gasteiger partial charge in [-0.05, 0) is 31.5 Å². The molecule has 0 aliphatic heterocycles. The summed E-state index contributed by atoms with van der Waals surface area (Å²) in [7, 11) is 0. The van der Waals surface area contributed by atoms with Crippen LogP contribution in [0.3, 0.4) is 0 Å². The summed E-state index contributed by atoms with van der Waals surface area (Å²) >= 11 is 12.1. The molecular weight excluding hydrogens is 331 g/mol. The maximum Gasteiger partial charge on any atom is 0.238 e. The number of hydrogen-bond acceptors (Lipinski definition) is 2. The highest BCUT2D eigenvalue weighted by Crippen LogP contribution is 2.29. The van der Waals surface area contributed by atoms with E-state index in [4.69, 9.17) is 23.2 Å². The number of nitrogens with zero attached hydrogens (tertiary/aromatic N) is 1. The van der Waals surface area contributed by atoms with E-state index in [1.54, 1.807) is 18.2 Å². The average molecular weight is 351 g/mol. The fourth-order valence-electron chi connectivity index (χ4n) is 2.21. The third-order valence-electron chi connectivity index (χ3n) is 3.53. The first kappa shape index (κ1) is 17.8. The summed E-state index contributed by atoms with van der Waals surface area (Å²) in [5, 5.41) is 3.61. The minimum absolute atomic E-state index is 0.112. The second kappa shape index (κ2) is 8.34. The van der Waals surface area contributed by atoms with Gasteiger partial charge in [-0.3, -0.25) is 9.69 Å². The molecule has 0 heterocycles. The van der Waals surface area contributed by atoms with E-state index in [0.29, 0.717) is 15.7 Å². The summed E-state index contributed by atoms with van der Waals surface area (Å²) in [6.45, 7) is 5.15. The Balaban J connectivity index is 2.02. The van der Waals surface area contributed by atoms with Crippen LogP contribution in [0.1, 0.15) is 19.4 Å². The van der Waals surface area contributed by atoms with E-state index in [0.717, 1.165) is 6.54 Å². The van der Waals surface area contributed by atoms with Crippen LogP contribution in [0.4, 0.5) is 5.69 Å². The van der Waals surface area contributed by atoms with Crippen LogP contribution < -0.4 is 5.32 Å². The van der Waals surface area contributed by atoms with Crippen LogP contribution in [-0.2, 0) is 11.3 Å². The highest BCUT2D eigenvalue weighted by atomic mass is 35.5. The fraction of sp³-hybridized carbons (Fsp3) is 0.278. The van der Waals surface area contributed by atoms with Crippen LogP contribution in [0.5, 0.6) is 0 Å². The summed E-state index contributed by atoms with van der Waals surface area (Å²) in [5.74, 6) is -0.112. The number of benzene rings is 2. The minimum atomic E-state index is -0.112. The van der Waals surface area contributed by atoms with Crippen molar-refractivity contribution in [3.63, 3.8) is 0 Å². The van der Waals surface area contributed by atoms with E-state index < -0.39 is 0 Å². The number of carbonyl (C=O) groups excluding carboxylic acids is 1. The highest BCUT2D eigenvalue weighted by Gasteiger charge is 2.16. The van der Waals surface area contributed by atoms with Crippen molar-refractivity contribution in [1.82, 2.24) is 4.90 Å². The Labute approximate surface area is 147 Å². The molecule has 0 aromatic heterocycles. The SMILES string of the molecule is CC(C)N(CC(=O)Nc1cccc(Cl)c1Cl)Cc1ccccc1. The van der Waals surface area contributed by atoms with Crippen molar-refractivity contribution < 1.29 is 4.79 Å². The van der Waals surface area contributed by atoms with Crippen molar-refractivity contribution in [2.24, 2.45) is 0 Å². The van der Waals surface area contributed by atoms with Crippen molar-refractivity contribution in [2.45, 2.75) is 26.4 Å². The van der Waals surface area contributed by atoms with Crippen molar-refractivity contribution in [2.75, 3.05) is 11.9 Å². The number of nitrogens with one attached hydrogen (secondary N) is 1. The quantitative estimate of drug-likeness (QED) is 0.807. The Morgan fingerprint density at radius 1 is 1.09 bits per heavy atom. The molecule has 2 aromatic rings. The zero-order chi connectivity index (χ0) is 16.8. The second-order valence-corrected chi connectivity index (χ2v) is 6.42. The molecule has 122 valence electrons. The molecule has 1 amide bonds. The topological polar surface area (TPSA) is 32.3 Å². The van der Waals surface area contributed by atoms with Gasteiger partial charge < -0.3 is 5.32 Å². The predicted octanol–water partition coefficient (Wildman–Crippen LogP) is 4.84. The van der Waals surface area contributed by atoms with Gasteiger partial charge in [0.05, 0.1) is 22.3 Å². The zero-order valence-electron chi connectivity index (χ0n) is 13.2. The molecule has 0 aliphatic carbocycles. The third kappa shape index (κ3) is 5.24. The van der Waals surface area contributed by atoms with Gasteiger partial charge in [-0.2, -0.15) is 0 Å². The second-order valence-electron chi connectivity index (χ2n) is 5.63. The smallest absolute Gasteiger partial charge is 0.238 e. The van der Waals surface area contributed by atoms with E-state index >= 15 is 0 Å². The molecule has 2 rings (SSSR count). The summed E-state index contributed by atoms with van der Waals surface area (Å²) < 4.78 is 0. The molecular formula is C18H20Cl2N2O. The highest BCUT2D eigenvalue weighted by molar-refractivity contribution is 6.43. The lowest BCUT2D eigenvalue weighted by molar-refractivity contribution is -0.117. The van der Waals surface area contributed by atoms with Gasteiger partial charge in [0, 0.05) is 12.6 Å². The number of anilines is 1. The van der Waals surface area contributed by atoms with Crippen LogP contribution in [-0.4, -0.2) is 23.4 Å². The van der Waals surface area contributed by atoms with Crippen molar-refractivity contribution >= 4 is 34.8 Å². The molecule has 0 fully saturated rings. The molecule has 0 bridgehead atoms. The van der Waals surface area contributed by atoms with Crippen LogP contribution in [0.25, 0.3) is 0 Å². The van der Waals surface area contributed by atoms with Crippen LogP contribution in [0, 0.1) is 0 Å². The molecule has 0 saturated carbocycles. The monoisotopic (exact) mass is 350 g/mol. The van der Waals surface area contributed by atoms with Gasteiger partial charge in [-0.15, -0.1) is 0 Å². The van der Waals surface area contributed by atoms with Gasteiger partial charge in [0.15, 0.2) is 0 Å². The number of hydrogen-bond donors (Lipinski definition) is 1. The Morgan fingerprint density at radius 3 is 2.43 bits per heavy atom. The van der Waals surface area contributed by atoms with E-state index in [9.17, 15) is 4.79 Å². The molecule has 0 radical (unpaired) electrons. The van der Waals surface area contributed by atoms with Gasteiger partial charge in [0.2, 0.25) is 5.91 Å². The van der Waals surface area contributed by atoms with E-state index in [1.165, 1.54) is 5.56 Å².